The number of anilines is 1. The summed E-state index contributed by atoms with van der Waals surface area (Å²) in [6, 6.07) is 12.0. The summed E-state index contributed by atoms with van der Waals surface area (Å²) in [5, 5.41) is 3.84. The number of amides is 1. The van der Waals surface area contributed by atoms with Gasteiger partial charge in [-0.3, -0.25) is 13.7 Å². The molecule has 0 spiro atoms. The van der Waals surface area contributed by atoms with Gasteiger partial charge < -0.3 is 10.2 Å². The molecule has 0 aliphatic carbocycles. The fourth-order valence-corrected chi connectivity index (χ4v) is 4.62. The zero-order chi connectivity index (χ0) is 22.2. The highest BCUT2D eigenvalue weighted by molar-refractivity contribution is 7.80. The quantitative estimate of drug-likeness (QED) is 0.388. The Morgan fingerprint density at radius 3 is 2.52 bits per heavy atom. The molecule has 0 saturated carbocycles. The van der Waals surface area contributed by atoms with E-state index in [-0.39, 0.29) is 12.5 Å². The second kappa shape index (κ2) is 11.8. The highest BCUT2D eigenvalue weighted by Gasteiger charge is 2.15. The molecule has 6 nitrogen and oxygen atoms in total. The zero-order valence-corrected chi connectivity index (χ0v) is 19.6. The number of nitrogens with one attached hydrogen (secondary N) is 1. The first kappa shape index (κ1) is 24.0. The van der Waals surface area contributed by atoms with Crippen LogP contribution >= 0.6 is 23.2 Å². The number of rotatable bonds is 10. The van der Waals surface area contributed by atoms with Gasteiger partial charge in [0.2, 0.25) is 0 Å². The molecular weight excluding hydrogens is 457 g/mol. The summed E-state index contributed by atoms with van der Waals surface area (Å²) in [6.45, 7) is 4.21. The zero-order valence-electron chi connectivity index (χ0n) is 17.2. The molecule has 31 heavy (non-hydrogen) atoms. The number of likely N-dealkylation sites (tertiary alicyclic amines) is 1. The average Bonchev–Trinajstić information content (AvgIpc) is 3.28. The van der Waals surface area contributed by atoms with Crippen molar-refractivity contribution in [3.8, 4) is 0 Å². The molecule has 1 heterocycles. The summed E-state index contributed by atoms with van der Waals surface area (Å²) in [6.07, 6.45) is 3.90. The highest BCUT2D eigenvalue weighted by atomic mass is 35.5. The Labute approximate surface area is 195 Å². The standard InChI is InChI=1S/C22H27Cl2N3O3S/c23-20-6-3-5-17(21(20)24)11-16-27(31(29)30)19-9-7-18(8-10-19)22(28)25-12-4-15-26-13-1-2-14-26/h3,5-10H,1-2,4,11-16H2,(H,25,28)(H,29,30). The largest absolute Gasteiger partial charge is 0.352 e. The number of hydrogen-bond donors (Lipinski definition) is 2. The number of benzene rings is 2. The van der Waals surface area contributed by atoms with Gasteiger partial charge in [-0.1, -0.05) is 35.3 Å². The van der Waals surface area contributed by atoms with Crippen LogP contribution < -0.4 is 9.62 Å². The van der Waals surface area contributed by atoms with E-state index in [2.05, 4.69) is 10.2 Å². The first-order valence-electron chi connectivity index (χ1n) is 10.4. The molecule has 3 rings (SSSR count). The van der Waals surface area contributed by atoms with Crippen molar-refractivity contribution >= 4 is 46.1 Å². The van der Waals surface area contributed by atoms with Crippen molar-refractivity contribution in [3.63, 3.8) is 0 Å². The van der Waals surface area contributed by atoms with Crippen LogP contribution in [-0.4, -0.2) is 52.3 Å². The van der Waals surface area contributed by atoms with Crippen molar-refractivity contribution in [1.29, 1.82) is 0 Å². The van der Waals surface area contributed by atoms with E-state index in [0.717, 1.165) is 31.6 Å². The van der Waals surface area contributed by atoms with Gasteiger partial charge >= 0.3 is 0 Å². The molecule has 1 saturated heterocycles. The number of carbonyl (C=O) groups excluding carboxylic acids is 1. The Balaban J connectivity index is 1.53. The van der Waals surface area contributed by atoms with Gasteiger partial charge in [-0.15, -0.1) is 0 Å². The van der Waals surface area contributed by atoms with Crippen LogP contribution in [0.5, 0.6) is 0 Å². The fraction of sp³-hybridized carbons (Fsp3) is 0.409. The van der Waals surface area contributed by atoms with Crippen LogP contribution in [0.1, 0.15) is 35.2 Å². The minimum absolute atomic E-state index is 0.143. The first-order valence-corrected chi connectivity index (χ1v) is 12.2. The van der Waals surface area contributed by atoms with Crippen molar-refractivity contribution in [3.05, 3.63) is 63.6 Å². The molecule has 2 N–H and O–H groups in total. The third-order valence-corrected chi connectivity index (χ3v) is 6.99. The van der Waals surface area contributed by atoms with E-state index < -0.39 is 11.3 Å². The minimum atomic E-state index is -2.21. The normalized spacial score (nSPS) is 15.1. The Hall–Kier alpha value is -1.64. The van der Waals surface area contributed by atoms with E-state index in [0.29, 0.717) is 34.3 Å². The maximum absolute atomic E-state index is 12.4. The van der Waals surface area contributed by atoms with Gasteiger partial charge in [0.05, 0.1) is 15.7 Å². The van der Waals surface area contributed by atoms with Crippen LogP contribution in [0.15, 0.2) is 42.5 Å². The number of carbonyl (C=O) groups is 1. The van der Waals surface area contributed by atoms with Gasteiger partial charge in [0.25, 0.3) is 17.2 Å². The Morgan fingerprint density at radius 2 is 1.84 bits per heavy atom. The van der Waals surface area contributed by atoms with Gasteiger partial charge in [0.15, 0.2) is 0 Å². The predicted molar refractivity (Wildman–Crippen MR) is 127 cm³/mol. The second-order valence-electron chi connectivity index (χ2n) is 7.50. The first-order chi connectivity index (χ1) is 15.0. The van der Waals surface area contributed by atoms with Gasteiger partial charge in [0.1, 0.15) is 0 Å². The van der Waals surface area contributed by atoms with Gasteiger partial charge in [-0.2, -0.15) is 0 Å². The summed E-state index contributed by atoms with van der Waals surface area (Å²) < 4.78 is 22.9. The Bertz CT molecular complexity index is 905. The molecule has 168 valence electrons. The van der Waals surface area contributed by atoms with E-state index in [1.54, 1.807) is 36.4 Å². The molecule has 1 atom stereocenters. The van der Waals surface area contributed by atoms with Crippen LogP contribution in [-0.2, 0) is 17.7 Å². The van der Waals surface area contributed by atoms with Crippen molar-refractivity contribution in [2.24, 2.45) is 0 Å². The fourth-order valence-electron chi connectivity index (χ4n) is 3.65. The smallest absolute Gasteiger partial charge is 0.261 e. The lowest BCUT2D eigenvalue weighted by molar-refractivity contribution is 0.0952. The Morgan fingerprint density at radius 1 is 1.13 bits per heavy atom. The average molecular weight is 484 g/mol. The molecule has 2 aromatic rings. The van der Waals surface area contributed by atoms with E-state index in [1.807, 2.05) is 6.07 Å². The number of halogens is 2. The predicted octanol–water partition coefficient (Wildman–Crippen LogP) is 4.39. The van der Waals surface area contributed by atoms with E-state index >= 15 is 0 Å². The van der Waals surface area contributed by atoms with E-state index in [9.17, 15) is 13.6 Å². The maximum Gasteiger partial charge on any atom is 0.261 e. The van der Waals surface area contributed by atoms with Crippen molar-refractivity contribution in [2.45, 2.75) is 25.7 Å². The lowest BCUT2D eigenvalue weighted by Gasteiger charge is -2.20. The summed E-state index contributed by atoms with van der Waals surface area (Å²) in [4.78, 5) is 14.8. The monoisotopic (exact) mass is 483 g/mol. The SMILES string of the molecule is O=C(NCCCN1CCCC1)c1ccc(N(CCc2cccc(Cl)c2Cl)S(=O)O)cc1. The molecular formula is C22H27Cl2N3O3S. The molecule has 0 bridgehead atoms. The van der Waals surface area contributed by atoms with E-state index in [1.165, 1.54) is 17.1 Å². The van der Waals surface area contributed by atoms with Crippen molar-refractivity contribution in [2.75, 3.05) is 37.0 Å². The Kier molecular flexibility index (Phi) is 9.16. The molecule has 1 aliphatic rings. The van der Waals surface area contributed by atoms with Crippen LogP contribution in [0.25, 0.3) is 0 Å². The van der Waals surface area contributed by atoms with Crippen LogP contribution in [0.3, 0.4) is 0 Å². The summed E-state index contributed by atoms with van der Waals surface area (Å²) in [7, 11) is 0. The number of hydrogen-bond acceptors (Lipinski definition) is 3. The molecule has 1 amide bonds. The topological polar surface area (TPSA) is 72.9 Å². The van der Waals surface area contributed by atoms with Gasteiger partial charge in [0, 0.05) is 18.7 Å². The van der Waals surface area contributed by atoms with Gasteiger partial charge in [-0.25, -0.2) is 4.21 Å². The molecule has 9 heteroatoms. The van der Waals surface area contributed by atoms with Gasteiger partial charge in [-0.05, 0) is 81.2 Å². The second-order valence-corrected chi connectivity index (χ2v) is 9.19. The number of nitrogens with zero attached hydrogens (tertiary/aromatic N) is 2. The summed E-state index contributed by atoms with van der Waals surface area (Å²) in [5.74, 6) is -0.143. The van der Waals surface area contributed by atoms with Crippen molar-refractivity contribution in [1.82, 2.24) is 10.2 Å². The van der Waals surface area contributed by atoms with Crippen LogP contribution in [0, 0.1) is 0 Å². The third-order valence-electron chi connectivity index (χ3n) is 5.36. The molecule has 2 aromatic carbocycles. The summed E-state index contributed by atoms with van der Waals surface area (Å²) >= 11 is 10.0. The lowest BCUT2D eigenvalue weighted by Crippen LogP contribution is -2.29. The summed E-state index contributed by atoms with van der Waals surface area (Å²) in [5.41, 5.74) is 1.87. The lowest BCUT2D eigenvalue weighted by atomic mass is 10.1. The third kappa shape index (κ3) is 6.92. The minimum Gasteiger partial charge on any atom is -0.352 e. The van der Waals surface area contributed by atoms with Crippen molar-refractivity contribution < 1.29 is 13.6 Å². The van der Waals surface area contributed by atoms with E-state index in [4.69, 9.17) is 23.2 Å². The molecule has 1 unspecified atom stereocenters. The molecule has 0 radical (unpaired) electrons. The van der Waals surface area contributed by atoms with Crippen LogP contribution in [0.4, 0.5) is 5.69 Å². The van der Waals surface area contributed by atoms with Crippen LogP contribution in [0.2, 0.25) is 10.0 Å². The maximum atomic E-state index is 12.4. The molecule has 1 aliphatic heterocycles. The molecule has 1 fully saturated rings. The highest BCUT2D eigenvalue weighted by Crippen LogP contribution is 2.26. The molecule has 0 aromatic heterocycles.